The second-order valence-corrected chi connectivity index (χ2v) is 7.88. The van der Waals surface area contributed by atoms with E-state index in [4.69, 9.17) is 0 Å². The number of anilines is 1. The molecular weight excluding hydrogens is 354 g/mol. The molecule has 1 aliphatic rings. The van der Waals surface area contributed by atoms with E-state index in [9.17, 15) is 4.79 Å². The molecule has 1 saturated heterocycles. The van der Waals surface area contributed by atoms with E-state index in [-0.39, 0.29) is 5.91 Å². The molecule has 0 radical (unpaired) electrons. The molecule has 25 heavy (non-hydrogen) atoms. The van der Waals surface area contributed by atoms with Gasteiger partial charge < -0.3 is 5.32 Å². The molecule has 2 N–H and O–H groups in total. The number of nitrogens with zero attached hydrogens (tertiary/aromatic N) is 3. The van der Waals surface area contributed by atoms with Crippen LogP contribution in [0.25, 0.3) is 10.7 Å². The first-order valence-corrected chi connectivity index (χ1v) is 9.78. The van der Waals surface area contributed by atoms with Gasteiger partial charge >= 0.3 is 0 Å². The molecule has 0 unspecified atom stereocenters. The van der Waals surface area contributed by atoms with Crippen molar-refractivity contribution in [1.82, 2.24) is 20.3 Å². The number of carbonyl (C=O) groups excluding carboxylic acids is 1. The number of hydrogen-bond donors (Lipinski definition) is 2. The van der Waals surface area contributed by atoms with Gasteiger partial charge in [-0.05, 0) is 44.0 Å². The van der Waals surface area contributed by atoms with E-state index in [1.807, 2.05) is 24.4 Å². The fourth-order valence-electron chi connectivity index (χ4n) is 2.79. The Balaban J connectivity index is 1.44. The summed E-state index contributed by atoms with van der Waals surface area (Å²) in [5, 5.41) is 7.63. The zero-order valence-electron chi connectivity index (χ0n) is 13.4. The van der Waals surface area contributed by atoms with E-state index in [1.54, 1.807) is 23.7 Å². The fourth-order valence-corrected chi connectivity index (χ4v) is 4.55. The molecule has 1 fully saturated rings. The summed E-state index contributed by atoms with van der Waals surface area (Å²) in [6.45, 7) is 2.09. The first-order valence-electron chi connectivity index (χ1n) is 8.14. The van der Waals surface area contributed by atoms with Crippen LogP contribution >= 0.6 is 22.7 Å². The summed E-state index contributed by atoms with van der Waals surface area (Å²) in [4.78, 5) is 27.2. The standard InChI is InChI=1S/C17H17N5OS2/c23-15(14-10-20-16(24-14)12-3-1-2-6-19-12)22-17-21-9-13(25-17)11-4-7-18-8-5-11/h1-3,6,9-11,18H,4-5,7-8H2,(H,21,22,23). The Labute approximate surface area is 153 Å². The van der Waals surface area contributed by atoms with Crippen molar-refractivity contribution in [2.45, 2.75) is 18.8 Å². The van der Waals surface area contributed by atoms with Crippen LogP contribution in [0.15, 0.2) is 36.8 Å². The van der Waals surface area contributed by atoms with Crippen molar-refractivity contribution in [2.24, 2.45) is 0 Å². The lowest BCUT2D eigenvalue weighted by molar-refractivity contribution is 0.103. The minimum absolute atomic E-state index is 0.175. The molecule has 0 aliphatic carbocycles. The summed E-state index contributed by atoms with van der Waals surface area (Å²) in [5.41, 5.74) is 0.772. The zero-order valence-corrected chi connectivity index (χ0v) is 15.1. The second-order valence-electron chi connectivity index (χ2n) is 5.79. The molecular formula is C17H17N5OS2. The Morgan fingerprint density at radius 2 is 2.00 bits per heavy atom. The number of rotatable bonds is 4. The van der Waals surface area contributed by atoms with Crippen molar-refractivity contribution in [1.29, 1.82) is 0 Å². The molecule has 0 aromatic carbocycles. The number of amides is 1. The highest BCUT2D eigenvalue weighted by atomic mass is 32.1. The van der Waals surface area contributed by atoms with Crippen LogP contribution in [0.2, 0.25) is 0 Å². The van der Waals surface area contributed by atoms with Crippen LogP contribution in [0.1, 0.15) is 33.3 Å². The molecule has 0 spiro atoms. The monoisotopic (exact) mass is 371 g/mol. The molecule has 3 aromatic heterocycles. The Morgan fingerprint density at radius 1 is 1.12 bits per heavy atom. The van der Waals surface area contributed by atoms with Crippen LogP contribution in [-0.2, 0) is 0 Å². The largest absolute Gasteiger partial charge is 0.317 e. The molecule has 128 valence electrons. The van der Waals surface area contributed by atoms with E-state index >= 15 is 0 Å². The van der Waals surface area contributed by atoms with Gasteiger partial charge in [0.05, 0.1) is 11.9 Å². The van der Waals surface area contributed by atoms with Crippen LogP contribution in [0.5, 0.6) is 0 Å². The number of aromatic nitrogens is 3. The van der Waals surface area contributed by atoms with Gasteiger partial charge in [-0.1, -0.05) is 6.07 Å². The second kappa shape index (κ2) is 7.38. The smallest absolute Gasteiger partial charge is 0.269 e. The zero-order chi connectivity index (χ0) is 17.1. The number of piperidine rings is 1. The van der Waals surface area contributed by atoms with Crippen LogP contribution in [-0.4, -0.2) is 33.9 Å². The quantitative estimate of drug-likeness (QED) is 0.735. The van der Waals surface area contributed by atoms with Gasteiger partial charge in [0.2, 0.25) is 0 Å². The molecule has 4 rings (SSSR count). The van der Waals surface area contributed by atoms with E-state index in [1.165, 1.54) is 16.2 Å². The SMILES string of the molecule is O=C(Nc1ncc(C2CCNCC2)s1)c1cnc(-c2ccccn2)s1. The maximum absolute atomic E-state index is 12.4. The highest BCUT2D eigenvalue weighted by molar-refractivity contribution is 7.17. The van der Waals surface area contributed by atoms with Gasteiger partial charge in [-0.2, -0.15) is 0 Å². The minimum atomic E-state index is -0.175. The molecule has 0 atom stereocenters. The van der Waals surface area contributed by atoms with Crippen LogP contribution in [0.4, 0.5) is 5.13 Å². The average molecular weight is 371 g/mol. The van der Waals surface area contributed by atoms with Gasteiger partial charge in [-0.15, -0.1) is 22.7 Å². The Hall–Kier alpha value is -2.16. The Kier molecular flexibility index (Phi) is 4.82. The topological polar surface area (TPSA) is 79.8 Å². The minimum Gasteiger partial charge on any atom is -0.317 e. The third-order valence-electron chi connectivity index (χ3n) is 4.10. The molecule has 3 aromatic rings. The van der Waals surface area contributed by atoms with E-state index < -0.39 is 0 Å². The number of carbonyl (C=O) groups is 1. The van der Waals surface area contributed by atoms with Gasteiger partial charge in [-0.25, -0.2) is 9.97 Å². The maximum Gasteiger partial charge on any atom is 0.269 e. The summed E-state index contributed by atoms with van der Waals surface area (Å²) < 4.78 is 0. The normalized spacial score (nSPS) is 15.2. The van der Waals surface area contributed by atoms with Gasteiger partial charge in [0, 0.05) is 17.3 Å². The molecule has 0 saturated carbocycles. The van der Waals surface area contributed by atoms with E-state index in [2.05, 4.69) is 25.6 Å². The lowest BCUT2D eigenvalue weighted by Crippen LogP contribution is -2.26. The number of thiazole rings is 2. The summed E-state index contributed by atoms with van der Waals surface area (Å²) in [6.07, 6.45) is 7.44. The number of nitrogens with one attached hydrogen (secondary N) is 2. The van der Waals surface area contributed by atoms with Crippen molar-refractivity contribution in [3.8, 4) is 10.7 Å². The van der Waals surface area contributed by atoms with Crippen LogP contribution in [0, 0.1) is 0 Å². The van der Waals surface area contributed by atoms with Gasteiger partial charge in [0.25, 0.3) is 5.91 Å². The highest BCUT2D eigenvalue weighted by Crippen LogP contribution is 2.32. The Morgan fingerprint density at radius 3 is 2.80 bits per heavy atom. The van der Waals surface area contributed by atoms with Gasteiger partial charge in [-0.3, -0.25) is 15.1 Å². The van der Waals surface area contributed by atoms with Crippen molar-refractivity contribution < 1.29 is 4.79 Å². The Bertz CT molecular complexity index is 855. The van der Waals surface area contributed by atoms with E-state index in [0.717, 1.165) is 36.6 Å². The van der Waals surface area contributed by atoms with Gasteiger partial charge in [0.15, 0.2) is 5.13 Å². The lowest BCUT2D eigenvalue weighted by atomic mass is 9.97. The predicted molar refractivity (Wildman–Crippen MR) is 100 cm³/mol. The molecule has 0 bridgehead atoms. The van der Waals surface area contributed by atoms with Crippen molar-refractivity contribution in [3.05, 3.63) is 46.5 Å². The molecule has 1 amide bonds. The molecule has 1 aliphatic heterocycles. The lowest BCUT2D eigenvalue weighted by Gasteiger charge is -2.20. The van der Waals surface area contributed by atoms with Crippen molar-refractivity contribution in [2.75, 3.05) is 18.4 Å². The van der Waals surface area contributed by atoms with E-state index in [0.29, 0.717) is 15.9 Å². The number of pyridine rings is 1. The molecule has 4 heterocycles. The third-order valence-corrected chi connectivity index (χ3v) is 6.19. The summed E-state index contributed by atoms with van der Waals surface area (Å²) in [6, 6.07) is 5.64. The third kappa shape index (κ3) is 3.76. The first-order chi connectivity index (χ1) is 12.3. The highest BCUT2D eigenvalue weighted by Gasteiger charge is 2.19. The van der Waals surface area contributed by atoms with Crippen molar-refractivity contribution in [3.63, 3.8) is 0 Å². The molecule has 6 nitrogen and oxygen atoms in total. The van der Waals surface area contributed by atoms with Crippen LogP contribution in [0.3, 0.4) is 0 Å². The molecule has 8 heteroatoms. The first kappa shape index (κ1) is 16.3. The van der Waals surface area contributed by atoms with Crippen LogP contribution < -0.4 is 10.6 Å². The number of hydrogen-bond acceptors (Lipinski definition) is 7. The average Bonchev–Trinajstić information content (AvgIpc) is 3.33. The summed E-state index contributed by atoms with van der Waals surface area (Å²) in [5.74, 6) is 0.370. The predicted octanol–water partition coefficient (Wildman–Crippen LogP) is 3.38. The summed E-state index contributed by atoms with van der Waals surface area (Å²) in [7, 11) is 0. The summed E-state index contributed by atoms with van der Waals surface area (Å²) >= 11 is 2.90. The van der Waals surface area contributed by atoms with Crippen molar-refractivity contribution >= 4 is 33.7 Å². The maximum atomic E-state index is 12.4. The fraction of sp³-hybridized carbons (Fsp3) is 0.294. The van der Waals surface area contributed by atoms with Gasteiger partial charge in [0.1, 0.15) is 9.88 Å².